The molecular weight excluding hydrogens is 490 g/mol. The number of aromatic amines is 1. The molecule has 3 heterocycles. The lowest BCUT2D eigenvalue weighted by Crippen LogP contribution is -2.49. The highest BCUT2D eigenvalue weighted by Gasteiger charge is 2.32. The summed E-state index contributed by atoms with van der Waals surface area (Å²) in [4.78, 5) is 21.3. The summed E-state index contributed by atoms with van der Waals surface area (Å²) in [6.45, 7) is 5.67. The highest BCUT2D eigenvalue weighted by atomic mass is 16.5. The fourth-order valence-corrected chi connectivity index (χ4v) is 5.34. The fraction of sp³-hybridized carbons (Fsp3) is 0.267. The van der Waals surface area contributed by atoms with E-state index in [9.17, 15) is 4.79 Å². The molecule has 0 radical (unpaired) electrons. The van der Waals surface area contributed by atoms with Crippen LogP contribution in [-0.2, 0) is 6.54 Å². The molecular formula is C30H31N7O2. The van der Waals surface area contributed by atoms with Crippen molar-refractivity contribution in [1.29, 1.82) is 0 Å². The highest BCUT2D eigenvalue weighted by molar-refractivity contribution is 5.79. The van der Waals surface area contributed by atoms with Gasteiger partial charge in [0.15, 0.2) is 5.82 Å². The summed E-state index contributed by atoms with van der Waals surface area (Å²) in [6, 6.07) is 26.0. The summed E-state index contributed by atoms with van der Waals surface area (Å²) >= 11 is 0. The Bertz CT molecular complexity index is 1620. The molecule has 198 valence electrons. The lowest BCUT2D eigenvalue weighted by Gasteiger charge is -2.39. The van der Waals surface area contributed by atoms with E-state index in [1.807, 2.05) is 54.1 Å². The zero-order valence-electron chi connectivity index (χ0n) is 22.1. The smallest absolute Gasteiger partial charge is 0.253 e. The third kappa shape index (κ3) is 5.13. The van der Waals surface area contributed by atoms with Crippen molar-refractivity contribution in [1.82, 2.24) is 30.1 Å². The summed E-state index contributed by atoms with van der Waals surface area (Å²) in [6.07, 6.45) is 0. The van der Waals surface area contributed by atoms with Gasteiger partial charge in [0.1, 0.15) is 11.8 Å². The van der Waals surface area contributed by atoms with Gasteiger partial charge in [0.05, 0.1) is 13.7 Å². The number of hydrogen-bond acceptors (Lipinski definition) is 7. The Hall–Kier alpha value is -4.50. The summed E-state index contributed by atoms with van der Waals surface area (Å²) in [7, 11) is 1.68. The number of ether oxygens (including phenoxy) is 1. The van der Waals surface area contributed by atoms with Crippen LogP contribution in [0.4, 0.5) is 5.69 Å². The number of nitrogens with one attached hydrogen (secondary N) is 1. The molecule has 1 aliphatic rings. The highest BCUT2D eigenvalue weighted by Crippen LogP contribution is 2.29. The fourth-order valence-electron chi connectivity index (χ4n) is 5.34. The summed E-state index contributed by atoms with van der Waals surface area (Å²) in [5, 5.41) is 13.8. The Morgan fingerprint density at radius 1 is 0.949 bits per heavy atom. The number of fused-ring (bicyclic) bond motifs is 1. The van der Waals surface area contributed by atoms with Crippen molar-refractivity contribution in [2.75, 3.05) is 38.2 Å². The van der Waals surface area contributed by atoms with E-state index in [0.29, 0.717) is 17.9 Å². The number of H-pyrrole nitrogens is 1. The van der Waals surface area contributed by atoms with Crippen LogP contribution in [0.2, 0.25) is 0 Å². The number of piperazine rings is 1. The number of anilines is 1. The van der Waals surface area contributed by atoms with Gasteiger partial charge in [0, 0.05) is 42.9 Å². The van der Waals surface area contributed by atoms with E-state index >= 15 is 0 Å². The first kappa shape index (κ1) is 24.8. The molecule has 0 spiro atoms. The first-order valence-corrected chi connectivity index (χ1v) is 13.2. The number of methoxy groups -OCH3 is 1. The van der Waals surface area contributed by atoms with E-state index in [2.05, 4.69) is 66.7 Å². The molecule has 39 heavy (non-hydrogen) atoms. The number of rotatable bonds is 7. The molecule has 0 amide bonds. The lowest BCUT2D eigenvalue weighted by atomic mass is 10.0. The molecule has 9 heteroatoms. The molecule has 2 aromatic heterocycles. The zero-order chi connectivity index (χ0) is 26.8. The summed E-state index contributed by atoms with van der Waals surface area (Å²) < 4.78 is 7.13. The Labute approximate surface area is 226 Å². The van der Waals surface area contributed by atoms with Crippen LogP contribution >= 0.6 is 0 Å². The number of hydrogen-bond donors (Lipinski definition) is 1. The van der Waals surface area contributed by atoms with Gasteiger partial charge < -0.3 is 14.6 Å². The van der Waals surface area contributed by atoms with Gasteiger partial charge in [-0.05, 0) is 70.3 Å². The standard InChI is InChI=1S/C30H31N7O2/c1-21-8-9-23-19-26(30(38)31-27(23)18-21)28(29-32-33-34-37(29)20-22-6-4-3-5-7-22)36-16-14-35(15-17-36)24-10-12-25(39-2)13-11-24/h3-13,18-19,28H,14-17,20H2,1-2H3,(H,31,38). The third-order valence-corrected chi connectivity index (χ3v) is 7.42. The van der Waals surface area contributed by atoms with Crippen LogP contribution < -0.4 is 15.2 Å². The normalized spacial score (nSPS) is 15.0. The number of aryl methyl sites for hydroxylation is 1. The van der Waals surface area contributed by atoms with Crippen LogP contribution in [0.25, 0.3) is 10.9 Å². The van der Waals surface area contributed by atoms with Gasteiger partial charge in [-0.15, -0.1) is 5.10 Å². The quantitative estimate of drug-likeness (QED) is 0.348. The van der Waals surface area contributed by atoms with Crippen molar-refractivity contribution in [3.8, 4) is 5.75 Å². The van der Waals surface area contributed by atoms with E-state index in [-0.39, 0.29) is 5.56 Å². The Morgan fingerprint density at radius 2 is 1.72 bits per heavy atom. The van der Waals surface area contributed by atoms with Crippen molar-refractivity contribution in [3.05, 3.63) is 112 Å². The van der Waals surface area contributed by atoms with Crippen molar-refractivity contribution in [3.63, 3.8) is 0 Å². The SMILES string of the molecule is COc1ccc(N2CCN(C(c3cc4ccc(C)cc4[nH]c3=O)c3nnnn3Cc3ccccc3)CC2)cc1. The van der Waals surface area contributed by atoms with Crippen molar-refractivity contribution in [2.45, 2.75) is 19.5 Å². The second-order valence-electron chi connectivity index (χ2n) is 9.95. The molecule has 1 N–H and O–H groups in total. The van der Waals surface area contributed by atoms with E-state index in [1.54, 1.807) is 7.11 Å². The first-order valence-electron chi connectivity index (χ1n) is 13.2. The Kier molecular flexibility index (Phi) is 6.81. The number of benzene rings is 3. The molecule has 9 nitrogen and oxygen atoms in total. The molecule has 1 saturated heterocycles. The van der Waals surface area contributed by atoms with Crippen LogP contribution in [-0.4, -0.2) is 63.4 Å². The van der Waals surface area contributed by atoms with Gasteiger partial charge in [-0.25, -0.2) is 4.68 Å². The van der Waals surface area contributed by atoms with E-state index < -0.39 is 6.04 Å². The Morgan fingerprint density at radius 3 is 2.46 bits per heavy atom. The van der Waals surface area contributed by atoms with Crippen molar-refractivity contribution in [2.24, 2.45) is 0 Å². The summed E-state index contributed by atoms with van der Waals surface area (Å²) in [5.74, 6) is 1.50. The molecule has 6 rings (SSSR count). The van der Waals surface area contributed by atoms with Crippen molar-refractivity contribution < 1.29 is 4.74 Å². The molecule has 1 fully saturated rings. The maximum Gasteiger partial charge on any atom is 0.253 e. The van der Waals surface area contributed by atoms with Crippen LogP contribution in [0, 0.1) is 6.92 Å². The number of nitrogens with zero attached hydrogens (tertiary/aromatic N) is 6. The van der Waals surface area contributed by atoms with Crippen molar-refractivity contribution >= 4 is 16.6 Å². The van der Waals surface area contributed by atoms with Gasteiger partial charge in [0.2, 0.25) is 0 Å². The van der Waals surface area contributed by atoms with E-state index in [4.69, 9.17) is 4.74 Å². The lowest BCUT2D eigenvalue weighted by molar-refractivity contribution is 0.200. The van der Waals surface area contributed by atoms with Gasteiger partial charge in [0.25, 0.3) is 5.56 Å². The predicted octanol–water partition coefficient (Wildman–Crippen LogP) is 3.79. The molecule has 0 aliphatic carbocycles. The molecule has 1 unspecified atom stereocenters. The maximum atomic E-state index is 13.6. The molecule has 1 aliphatic heterocycles. The van der Waals surface area contributed by atoms with Crippen LogP contribution in [0.15, 0.2) is 83.7 Å². The van der Waals surface area contributed by atoms with Crippen LogP contribution in [0.3, 0.4) is 0 Å². The maximum absolute atomic E-state index is 13.6. The van der Waals surface area contributed by atoms with Crippen LogP contribution in [0.1, 0.15) is 28.6 Å². The Balaban J connectivity index is 1.36. The molecule has 0 bridgehead atoms. The largest absolute Gasteiger partial charge is 0.497 e. The monoisotopic (exact) mass is 521 g/mol. The topological polar surface area (TPSA) is 92.2 Å². The summed E-state index contributed by atoms with van der Waals surface area (Å²) in [5.41, 5.74) is 4.70. The second kappa shape index (κ2) is 10.7. The minimum atomic E-state index is -0.392. The molecule has 5 aromatic rings. The third-order valence-electron chi connectivity index (χ3n) is 7.42. The number of tetrazole rings is 1. The predicted molar refractivity (Wildman–Crippen MR) is 151 cm³/mol. The van der Waals surface area contributed by atoms with Crippen LogP contribution in [0.5, 0.6) is 5.75 Å². The first-order chi connectivity index (χ1) is 19.1. The molecule has 1 atom stereocenters. The minimum absolute atomic E-state index is 0.120. The number of aromatic nitrogens is 5. The zero-order valence-corrected chi connectivity index (χ0v) is 22.1. The van der Waals surface area contributed by atoms with Gasteiger partial charge in [-0.1, -0.05) is 42.5 Å². The molecule has 0 saturated carbocycles. The average molecular weight is 522 g/mol. The minimum Gasteiger partial charge on any atom is -0.497 e. The average Bonchev–Trinajstić information content (AvgIpc) is 3.42. The van der Waals surface area contributed by atoms with E-state index in [1.165, 1.54) is 0 Å². The number of pyridine rings is 1. The van der Waals surface area contributed by atoms with Gasteiger partial charge in [-0.2, -0.15) is 0 Å². The molecule has 3 aromatic carbocycles. The van der Waals surface area contributed by atoms with Gasteiger partial charge in [-0.3, -0.25) is 9.69 Å². The second-order valence-corrected chi connectivity index (χ2v) is 9.95. The van der Waals surface area contributed by atoms with Gasteiger partial charge >= 0.3 is 0 Å². The van der Waals surface area contributed by atoms with E-state index in [0.717, 1.165) is 59.6 Å².